The molecule has 0 saturated carbocycles. The van der Waals surface area contributed by atoms with Crippen molar-refractivity contribution in [2.75, 3.05) is 11.9 Å². The molecule has 0 aliphatic carbocycles. The monoisotopic (exact) mass is 342 g/mol. The summed E-state index contributed by atoms with van der Waals surface area (Å²) in [5, 5.41) is 9.19. The molecule has 0 radical (unpaired) electrons. The van der Waals surface area contributed by atoms with E-state index in [1.165, 1.54) is 36.1 Å². The van der Waals surface area contributed by atoms with Gasteiger partial charge in [0.1, 0.15) is 6.04 Å². The Morgan fingerprint density at radius 1 is 1.26 bits per heavy atom. The van der Waals surface area contributed by atoms with Gasteiger partial charge in [-0.05, 0) is 30.2 Å². The minimum absolute atomic E-state index is 0.0484. The lowest BCUT2D eigenvalue weighted by Gasteiger charge is -2.20. The Bertz CT molecular complexity index is 670. The van der Waals surface area contributed by atoms with Gasteiger partial charge in [-0.25, -0.2) is 8.42 Å². The lowest BCUT2D eigenvalue weighted by molar-refractivity contribution is -0.140. The second kappa shape index (κ2) is 7.56. The molecule has 23 heavy (non-hydrogen) atoms. The first kappa shape index (κ1) is 19.1. The van der Waals surface area contributed by atoms with E-state index in [1.807, 2.05) is 0 Å². The molecule has 0 bridgehead atoms. The number of carbonyl (C=O) groups excluding carboxylic acids is 1. The molecular weight excluding hydrogens is 320 g/mol. The van der Waals surface area contributed by atoms with E-state index in [4.69, 9.17) is 0 Å². The number of carbonyl (C=O) groups is 2. The van der Waals surface area contributed by atoms with Gasteiger partial charge in [-0.1, -0.05) is 20.3 Å². The van der Waals surface area contributed by atoms with Crippen LogP contribution in [0.4, 0.5) is 5.69 Å². The molecule has 7 nitrogen and oxygen atoms in total. The normalized spacial score (nSPS) is 14.1. The first-order valence-electron chi connectivity index (χ1n) is 7.19. The molecule has 0 spiro atoms. The van der Waals surface area contributed by atoms with E-state index >= 15 is 0 Å². The van der Waals surface area contributed by atoms with Crippen molar-refractivity contribution < 1.29 is 23.1 Å². The molecule has 2 atom stereocenters. The number of carboxylic acid groups (broad SMARTS) is 1. The fourth-order valence-electron chi connectivity index (χ4n) is 1.91. The molecule has 1 aromatic rings. The fraction of sp³-hybridized carbons (Fsp3) is 0.467. The molecule has 0 fully saturated rings. The average molecular weight is 342 g/mol. The number of nitrogens with zero attached hydrogens (tertiary/aromatic N) is 1. The van der Waals surface area contributed by atoms with Crippen LogP contribution in [0.25, 0.3) is 0 Å². The van der Waals surface area contributed by atoms with Crippen molar-refractivity contribution >= 4 is 27.6 Å². The smallest absolute Gasteiger partial charge is 0.322 e. The van der Waals surface area contributed by atoms with Crippen molar-refractivity contribution in [2.45, 2.75) is 38.1 Å². The predicted molar refractivity (Wildman–Crippen MR) is 86.7 cm³/mol. The molecule has 1 rings (SSSR count). The van der Waals surface area contributed by atoms with Gasteiger partial charge in [0.25, 0.3) is 0 Å². The van der Waals surface area contributed by atoms with Crippen LogP contribution in [-0.4, -0.2) is 38.5 Å². The number of sulfonamides is 1. The van der Waals surface area contributed by atoms with E-state index in [2.05, 4.69) is 4.72 Å². The number of benzene rings is 1. The van der Waals surface area contributed by atoms with Gasteiger partial charge in [0, 0.05) is 19.7 Å². The second-order valence-corrected chi connectivity index (χ2v) is 7.11. The Balaban J connectivity index is 3.04. The highest BCUT2D eigenvalue weighted by atomic mass is 32.2. The molecule has 8 heteroatoms. The van der Waals surface area contributed by atoms with Gasteiger partial charge in [-0.15, -0.1) is 0 Å². The number of carboxylic acids is 1. The van der Waals surface area contributed by atoms with Crippen LogP contribution in [0.1, 0.15) is 27.2 Å². The first-order valence-corrected chi connectivity index (χ1v) is 8.68. The van der Waals surface area contributed by atoms with Gasteiger partial charge < -0.3 is 10.0 Å². The third-order valence-corrected chi connectivity index (χ3v) is 5.22. The molecule has 0 aliphatic rings. The molecule has 0 aliphatic heterocycles. The summed E-state index contributed by atoms with van der Waals surface area (Å²) in [5.74, 6) is -1.73. The fourth-order valence-corrected chi connectivity index (χ4v) is 3.21. The third kappa shape index (κ3) is 4.77. The minimum atomic E-state index is -3.96. The number of hydrogen-bond donors (Lipinski definition) is 2. The van der Waals surface area contributed by atoms with Crippen LogP contribution in [0.3, 0.4) is 0 Å². The summed E-state index contributed by atoms with van der Waals surface area (Å²) < 4.78 is 26.9. The largest absolute Gasteiger partial charge is 0.480 e. The summed E-state index contributed by atoms with van der Waals surface area (Å²) in [7, 11) is -2.38. The average Bonchev–Trinajstić information content (AvgIpc) is 2.51. The van der Waals surface area contributed by atoms with E-state index in [0.29, 0.717) is 12.1 Å². The zero-order valence-corrected chi connectivity index (χ0v) is 14.4. The molecule has 1 aromatic carbocycles. The topological polar surface area (TPSA) is 104 Å². The molecule has 1 amide bonds. The maximum absolute atomic E-state index is 12.3. The molecule has 0 unspecified atom stereocenters. The van der Waals surface area contributed by atoms with E-state index in [-0.39, 0.29) is 16.7 Å². The maximum atomic E-state index is 12.3. The van der Waals surface area contributed by atoms with Crippen LogP contribution >= 0.6 is 0 Å². The van der Waals surface area contributed by atoms with E-state index in [0.717, 1.165) is 0 Å². The van der Waals surface area contributed by atoms with Crippen LogP contribution in [-0.2, 0) is 19.6 Å². The van der Waals surface area contributed by atoms with Gasteiger partial charge >= 0.3 is 5.97 Å². The SMILES string of the molecule is CC[C@H](C)[C@H](NS(=O)(=O)c1ccc(N(C)C(C)=O)cc1)C(=O)O. The number of aliphatic carboxylic acids is 1. The number of amides is 1. The number of hydrogen-bond acceptors (Lipinski definition) is 4. The summed E-state index contributed by atoms with van der Waals surface area (Å²) in [4.78, 5) is 23.9. The molecule has 0 saturated heterocycles. The second-order valence-electron chi connectivity index (χ2n) is 5.39. The minimum Gasteiger partial charge on any atom is -0.480 e. The van der Waals surface area contributed by atoms with Crippen molar-refractivity contribution in [1.29, 1.82) is 0 Å². The van der Waals surface area contributed by atoms with Crippen LogP contribution in [0.15, 0.2) is 29.2 Å². The molecule has 0 aromatic heterocycles. The van der Waals surface area contributed by atoms with Gasteiger partial charge in [-0.3, -0.25) is 9.59 Å². The predicted octanol–water partition coefficient (Wildman–Crippen LogP) is 1.45. The Morgan fingerprint density at radius 3 is 2.17 bits per heavy atom. The number of anilines is 1. The maximum Gasteiger partial charge on any atom is 0.322 e. The Morgan fingerprint density at radius 2 is 1.78 bits per heavy atom. The standard InChI is InChI=1S/C15H22N2O5S/c1-5-10(2)14(15(19)20)16-23(21,22)13-8-6-12(7-9-13)17(4)11(3)18/h6-10,14,16H,5H2,1-4H3,(H,19,20)/t10-,14-/m0/s1. The highest BCUT2D eigenvalue weighted by Gasteiger charge is 2.29. The van der Waals surface area contributed by atoms with Crippen molar-refractivity contribution in [2.24, 2.45) is 5.92 Å². The molecule has 0 heterocycles. The molecule has 128 valence electrons. The zero-order chi connectivity index (χ0) is 17.8. The van der Waals surface area contributed by atoms with E-state index in [1.54, 1.807) is 20.9 Å². The first-order chi connectivity index (χ1) is 10.6. The number of nitrogens with one attached hydrogen (secondary N) is 1. The quantitative estimate of drug-likeness (QED) is 0.780. The molecule has 2 N–H and O–H groups in total. The third-order valence-electron chi connectivity index (χ3n) is 3.77. The van der Waals surface area contributed by atoms with Crippen molar-refractivity contribution in [3.8, 4) is 0 Å². The highest BCUT2D eigenvalue weighted by molar-refractivity contribution is 7.89. The summed E-state index contributed by atoms with van der Waals surface area (Å²) in [6.07, 6.45) is 0.530. The van der Waals surface area contributed by atoms with Crippen LogP contribution in [0.2, 0.25) is 0 Å². The van der Waals surface area contributed by atoms with Crippen LogP contribution in [0, 0.1) is 5.92 Å². The van der Waals surface area contributed by atoms with Gasteiger partial charge in [0.15, 0.2) is 0 Å². The van der Waals surface area contributed by atoms with Crippen molar-refractivity contribution in [3.63, 3.8) is 0 Å². The van der Waals surface area contributed by atoms with Crippen LogP contribution in [0.5, 0.6) is 0 Å². The summed E-state index contributed by atoms with van der Waals surface area (Å²) >= 11 is 0. The van der Waals surface area contributed by atoms with E-state index in [9.17, 15) is 23.1 Å². The lowest BCUT2D eigenvalue weighted by Crippen LogP contribution is -2.44. The summed E-state index contributed by atoms with van der Waals surface area (Å²) in [6.45, 7) is 4.86. The Kier molecular flexibility index (Phi) is 6.28. The Labute approximate surface area is 136 Å². The van der Waals surface area contributed by atoms with E-state index < -0.39 is 22.0 Å². The zero-order valence-electron chi connectivity index (χ0n) is 13.6. The van der Waals surface area contributed by atoms with Gasteiger partial charge in [0.2, 0.25) is 15.9 Å². The summed E-state index contributed by atoms with van der Waals surface area (Å²) in [5.41, 5.74) is 0.549. The lowest BCUT2D eigenvalue weighted by atomic mass is 10.0. The van der Waals surface area contributed by atoms with Crippen molar-refractivity contribution in [1.82, 2.24) is 4.72 Å². The van der Waals surface area contributed by atoms with Gasteiger partial charge in [-0.2, -0.15) is 4.72 Å². The summed E-state index contributed by atoms with van der Waals surface area (Å²) in [6, 6.07) is 4.48. The van der Waals surface area contributed by atoms with Crippen LogP contribution < -0.4 is 9.62 Å². The molecular formula is C15H22N2O5S. The van der Waals surface area contributed by atoms with Gasteiger partial charge in [0.05, 0.1) is 4.90 Å². The highest BCUT2D eigenvalue weighted by Crippen LogP contribution is 2.18. The number of rotatable bonds is 7. The Hall–Kier alpha value is -1.93. The van der Waals surface area contributed by atoms with Crippen molar-refractivity contribution in [3.05, 3.63) is 24.3 Å².